The first-order valence-corrected chi connectivity index (χ1v) is 5.17. The molecule has 86 valence electrons. The highest BCUT2D eigenvalue weighted by molar-refractivity contribution is 9.10. The van der Waals surface area contributed by atoms with Gasteiger partial charge in [0.05, 0.1) is 17.1 Å². The van der Waals surface area contributed by atoms with E-state index in [0.29, 0.717) is 4.47 Å². The first-order chi connectivity index (χ1) is 7.47. The average molecular weight is 289 g/mol. The number of nitro benzene ring substituents is 1. The third-order valence-corrected chi connectivity index (χ3v) is 2.46. The van der Waals surface area contributed by atoms with E-state index in [1.807, 2.05) is 0 Å². The summed E-state index contributed by atoms with van der Waals surface area (Å²) in [5, 5.41) is 10.6. The van der Waals surface area contributed by atoms with Crippen molar-refractivity contribution in [1.82, 2.24) is 0 Å². The zero-order chi connectivity index (χ0) is 12.3. The minimum absolute atomic E-state index is 0.00933. The number of anilines is 1. The largest absolute Gasteiger partial charge is 0.462 e. The minimum atomic E-state index is -0.648. The molecule has 0 spiro atoms. The van der Waals surface area contributed by atoms with Gasteiger partial charge in [-0.25, -0.2) is 4.79 Å². The number of hydrogen-bond acceptors (Lipinski definition) is 5. The predicted octanol–water partition coefficient (Wildman–Crippen LogP) is 2.12. The van der Waals surface area contributed by atoms with E-state index < -0.39 is 10.9 Å². The molecule has 0 saturated heterocycles. The second kappa shape index (κ2) is 4.93. The number of benzene rings is 1. The lowest BCUT2D eigenvalue weighted by Crippen LogP contribution is -2.07. The van der Waals surface area contributed by atoms with Gasteiger partial charge in [0.2, 0.25) is 0 Å². The van der Waals surface area contributed by atoms with Crippen molar-refractivity contribution in [2.24, 2.45) is 0 Å². The van der Waals surface area contributed by atoms with Crippen LogP contribution in [0.25, 0.3) is 0 Å². The van der Waals surface area contributed by atoms with E-state index >= 15 is 0 Å². The van der Waals surface area contributed by atoms with E-state index in [1.54, 1.807) is 6.92 Å². The Morgan fingerprint density at radius 3 is 2.75 bits per heavy atom. The molecule has 0 radical (unpaired) electrons. The summed E-state index contributed by atoms with van der Waals surface area (Å²) in [6.45, 7) is 1.85. The highest BCUT2D eigenvalue weighted by Crippen LogP contribution is 2.29. The molecular formula is C9H9BrN2O4. The zero-order valence-electron chi connectivity index (χ0n) is 8.40. The van der Waals surface area contributed by atoms with Crippen molar-refractivity contribution in [3.8, 4) is 0 Å². The van der Waals surface area contributed by atoms with Crippen LogP contribution in [0, 0.1) is 10.1 Å². The monoisotopic (exact) mass is 288 g/mol. The van der Waals surface area contributed by atoms with Crippen molar-refractivity contribution < 1.29 is 14.5 Å². The maximum atomic E-state index is 11.4. The second-order valence-corrected chi connectivity index (χ2v) is 3.72. The summed E-state index contributed by atoms with van der Waals surface area (Å²) in [5.74, 6) is -0.627. The minimum Gasteiger partial charge on any atom is -0.462 e. The quantitative estimate of drug-likeness (QED) is 0.398. The van der Waals surface area contributed by atoms with Crippen molar-refractivity contribution in [2.45, 2.75) is 6.92 Å². The Hall–Kier alpha value is -1.63. The summed E-state index contributed by atoms with van der Waals surface area (Å²) in [6.07, 6.45) is 0. The van der Waals surface area contributed by atoms with E-state index in [1.165, 1.54) is 6.07 Å². The van der Waals surface area contributed by atoms with Gasteiger partial charge in [-0.15, -0.1) is 0 Å². The number of carbonyl (C=O) groups is 1. The van der Waals surface area contributed by atoms with E-state index in [9.17, 15) is 14.9 Å². The van der Waals surface area contributed by atoms with Gasteiger partial charge < -0.3 is 10.5 Å². The summed E-state index contributed by atoms with van der Waals surface area (Å²) in [7, 11) is 0. The van der Waals surface area contributed by atoms with E-state index in [4.69, 9.17) is 10.5 Å². The Balaban J connectivity index is 3.24. The van der Waals surface area contributed by atoms with Gasteiger partial charge in [-0.3, -0.25) is 10.1 Å². The first-order valence-electron chi connectivity index (χ1n) is 4.38. The number of rotatable bonds is 3. The van der Waals surface area contributed by atoms with Gasteiger partial charge in [0.1, 0.15) is 5.69 Å². The maximum Gasteiger partial charge on any atom is 0.339 e. The van der Waals surface area contributed by atoms with Gasteiger partial charge in [-0.2, -0.15) is 0 Å². The first kappa shape index (κ1) is 12.4. The normalized spacial score (nSPS) is 9.88. The number of halogens is 1. The van der Waals surface area contributed by atoms with Crippen LogP contribution >= 0.6 is 15.9 Å². The predicted molar refractivity (Wildman–Crippen MR) is 61.2 cm³/mol. The van der Waals surface area contributed by atoms with Crippen LogP contribution in [-0.2, 0) is 4.74 Å². The third kappa shape index (κ3) is 2.48. The van der Waals surface area contributed by atoms with Crippen molar-refractivity contribution in [3.05, 3.63) is 32.3 Å². The molecule has 0 heterocycles. The highest BCUT2D eigenvalue weighted by Gasteiger charge is 2.19. The molecule has 0 amide bonds. The number of hydrogen-bond donors (Lipinski definition) is 1. The van der Waals surface area contributed by atoms with Crippen LogP contribution < -0.4 is 5.73 Å². The molecule has 2 N–H and O–H groups in total. The SMILES string of the molecule is CCOC(=O)c1cc([N+](=O)[O-])c(N)cc1Br. The molecule has 16 heavy (non-hydrogen) atoms. The number of ether oxygens (including phenoxy) is 1. The molecule has 0 aromatic heterocycles. The maximum absolute atomic E-state index is 11.4. The standard InChI is InChI=1S/C9H9BrN2O4/c1-2-16-9(13)5-3-8(12(14)15)7(11)4-6(5)10/h3-4H,2,11H2,1H3. The number of nitrogens with two attached hydrogens (primary N) is 1. The van der Waals surface area contributed by atoms with Crippen LogP contribution in [0.3, 0.4) is 0 Å². The van der Waals surface area contributed by atoms with Gasteiger partial charge in [-0.1, -0.05) is 0 Å². The van der Waals surface area contributed by atoms with E-state index in [2.05, 4.69) is 15.9 Å². The molecule has 7 heteroatoms. The van der Waals surface area contributed by atoms with Gasteiger partial charge in [-0.05, 0) is 28.9 Å². The lowest BCUT2D eigenvalue weighted by atomic mass is 10.2. The molecule has 0 aliphatic rings. The Morgan fingerprint density at radius 1 is 1.62 bits per heavy atom. The molecule has 0 fully saturated rings. The second-order valence-electron chi connectivity index (χ2n) is 2.87. The Labute approximate surface area is 99.7 Å². The number of nitrogens with zero attached hydrogens (tertiary/aromatic N) is 1. The van der Waals surface area contributed by atoms with Crippen LogP contribution in [0.15, 0.2) is 16.6 Å². The molecule has 0 saturated carbocycles. The van der Waals surface area contributed by atoms with Crippen molar-refractivity contribution in [3.63, 3.8) is 0 Å². The van der Waals surface area contributed by atoms with E-state index in [0.717, 1.165) is 6.07 Å². The van der Waals surface area contributed by atoms with Crippen molar-refractivity contribution >= 4 is 33.3 Å². The Morgan fingerprint density at radius 2 is 2.25 bits per heavy atom. The molecule has 0 aliphatic carbocycles. The van der Waals surface area contributed by atoms with E-state index in [-0.39, 0.29) is 23.5 Å². The Bertz CT molecular complexity index is 447. The topological polar surface area (TPSA) is 95.5 Å². The fraction of sp³-hybridized carbons (Fsp3) is 0.222. The summed E-state index contributed by atoms with van der Waals surface area (Å²) in [5.41, 5.74) is 5.20. The lowest BCUT2D eigenvalue weighted by Gasteiger charge is -2.05. The molecule has 1 aromatic carbocycles. The Kier molecular flexibility index (Phi) is 3.83. The average Bonchev–Trinajstić information content (AvgIpc) is 2.17. The van der Waals surface area contributed by atoms with Crippen molar-refractivity contribution in [2.75, 3.05) is 12.3 Å². The molecule has 6 nitrogen and oxygen atoms in total. The highest BCUT2D eigenvalue weighted by atomic mass is 79.9. The van der Waals surface area contributed by atoms with Crippen LogP contribution in [0.4, 0.5) is 11.4 Å². The van der Waals surface area contributed by atoms with Crippen LogP contribution in [0.5, 0.6) is 0 Å². The molecular weight excluding hydrogens is 280 g/mol. The molecule has 0 atom stereocenters. The summed E-state index contributed by atoms with van der Waals surface area (Å²) < 4.78 is 5.12. The summed E-state index contributed by atoms with van der Waals surface area (Å²) in [4.78, 5) is 21.4. The number of nitrogen functional groups attached to an aromatic ring is 1. The van der Waals surface area contributed by atoms with Crippen LogP contribution in [-0.4, -0.2) is 17.5 Å². The van der Waals surface area contributed by atoms with Gasteiger partial charge >= 0.3 is 5.97 Å². The number of nitro groups is 1. The molecule has 1 rings (SSSR count). The van der Waals surface area contributed by atoms with Crippen molar-refractivity contribution in [1.29, 1.82) is 0 Å². The van der Waals surface area contributed by atoms with Gasteiger partial charge in [0, 0.05) is 10.5 Å². The summed E-state index contributed by atoms with van der Waals surface area (Å²) >= 11 is 3.10. The number of carbonyl (C=O) groups excluding carboxylic acids is 1. The van der Waals surface area contributed by atoms with Crippen LogP contribution in [0.2, 0.25) is 0 Å². The number of esters is 1. The lowest BCUT2D eigenvalue weighted by molar-refractivity contribution is -0.383. The van der Waals surface area contributed by atoms with Crippen LogP contribution in [0.1, 0.15) is 17.3 Å². The fourth-order valence-corrected chi connectivity index (χ4v) is 1.62. The molecule has 0 aliphatic heterocycles. The summed E-state index contributed by atoms with van der Waals surface area (Å²) in [6, 6.07) is 2.40. The van der Waals surface area contributed by atoms with Gasteiger partial charge in [0.15, 0.2) is 0 Å². The van der Waals surface area contributed by atoms with Gasteiger partial charge in [0.25, 0.3) is 5.69 Å². The molecule has 1 aromatic rings. The third-order valence-electron chi connectivity index (χ3n) is 1.81. The fourth-order valence-electron chi connectivity index (χ4n) is 1.10. The smallest absolute Gasteiger partial charge is 0.339 e. The molecule has 0 unspecified atom stereocenters. The zero-order valence-corrected chi connectivity index (χ0v) is 9.98. The molecule has 0 bridgehead atoms.